The first kappa shape index (κ1) is 12.4. The van der Waals surface area contributed by atoms with Crippen LogP contribution in [0.15, 0.2) is 28.7 Å². The van der Waals surface area contributed by atoms with E-state index in [2.05, 4.69) is 21.2 Å². The normalized spacial score (nSPS) is 15.4. The van der Waals surface area contributed by atoms with E-state index in [0.29, 0.717) is 0 Å². The fourth-order valence-electron chi connectivity index (χ4n) is 2.46. The van der Waals surface area contributed by atoms with Gasteiger partial charge in [-0.3, -0.25) is 0 Å². The number of hydrogen-bond acceptors (Lipinski definition) is 3. The number of fused-ring (bicyclic) bond motifs is 1. The fourth-order valence-corrected chi connectivity index (χ4v) is 2.84. The van der Waals surface area contributed by atoms with Crippen molar-refractivity contribution in [3.63, 3.8) is 0 Å². The van der Waals surface area contributed by atoms with E-state index < -0.39 is 5.97 Å². The van der Waals surface area contributed by atoms with Gasteiger partial charge >= 0.3 is 5.97 Å². The van der Waals surface area contributed by atoms with Crippen LogP contribution in [0, 0.1) is 0 Å². The van der Waals surface area contributed by atoms with Crippen LogP contribution in [0.1, 0.15) is 21.8 Å². The lowest BCUT2D eigenvalue weighted by Crippen LogP contribution is -2.40. The Kier molecular flexibility index (Phi) is 2.95. The molecule has 0 bridgehead atoms. The van der Waals surface area contributed by atoms with E-state index in [9.17, 15) is 15.0 Å². The third-order valence-electron chi connectivity index (χ3n) is 3.53. The number of hydrogen-bond donors (Lipinski definition) is 3. The van der Waals surface area contributed by atoms with E-state index in [4.69, 9.17) is 0 Å². The molecule has 0 unspecified atom stereocenters. The van der Waals surface area contributed by atoms with Crippen molar-refractivity contribution < 1.29 is 15.0 Å². The first-order chi connectivity index (χ1) is 9.08. The number of rotatable bonds is 2. The van der Waals surface area contributed by atoms with Gasteiger partial charge in [0, 0.05) is 29.0 Å². The first-order valence-electron chi connectivity index (χ1n) is 5.97. The minimum absolute atomic E-state index is 0.0347. The summed E-state index contributed by atoms with van der Waals surface area (Å²) in [6.45, 7) is 1.53. The molecule has 0 spiro atoms. The van der Waals surface area contributed by atoms with E-state index >= 15 is 0 Å². The number of aromatic carboxylic acids is 1. The van der Waals surface area contributed by atoms with Gasteiger partial charge in [0.1, 0.15) is 11.3 Å². The molecule has 0 aromatic heterocycles. The molecule has 3 N–H and O–H groups in total. The number of carboxylic acid groups (broad SMARTS) is 1. The van der Waals surface area contributed by atoms with E-state index in [1.54, 1.807) is 0 Å². The second-order valence-electron chi connectivity index (χ2n) is 4.71. The summed E-state index contributed by atoms with van der Waals surface area (Å²) in [6, 6.07) is 7.21. The van der Waals surface area contributed by atoms with Gasteiger partial charge in [-0.05, 0) is 29.0 Å². The molecule has 3 rings (SSSR count). The Labute approximate surface area is 118 Å². The van der Waals surface area contributed by atoms with Crippen molar-refractivity contribution >= 4 is 32.7 Å². The Bertz CT molecular complexity index is 680. The molecule has 0 amide bonds. The molecule has 98 valence electrons. The van der Waals surface area contributed by atoms with Gasteiger partial charge < -0.3 is 15.5 Å². The highest BCUT2D eigenvalue weighted by atomic mass is 79.9. The zero-order valence-electron chi connectivity index (χ0n) is 9.98. The van der Waals surface area contributed by atoms with Crippen molar-refractivity contribution in [3.05, 3.63) is 39.9 Å². The van der Waals surface area contributed by atoms with E-state index in [1.165, 1.54) is 6.07 Å². The Morgan fingerprint density at radius 1 is 1.32 bits per heavy atom. The van der Waals surface area contributed by atoms with Gasteiger partial charge in [-0.1, -0.05) is 22.0 Å². The highest BCUT2D eigenvalue weighted by molar-refractivity contribution is 9.10. The van der Waals surface area contributed by atoms with Gasteiger partial charge in [0.15, 0.2) is 0 Å². The largest absolute Gasteiger partial charge is 0.507 e. The van der Waals surface area contributed by atoms with Crippen LogP contribution in [0.4, 0.5) is 0 Å². The summed E-state index contributed by atoms with van der Waals surface area (Å²) in [6.07, 6.45) is 0. The molecule has 0 atom stereocenters. The van der Waals surface area contributed by atoms with Gasteiger partial charge in [0.25, 0.3) is 0 Å². The molecule has 1 saturated heterocycles. The van der Waals surface area contributed by atoms with Crippen molar-refractivity contribution in [2.75, 3.05) is 13.1 Å². The third-order valence-corrected chi connectivity index (χ3v) is 4.03. The van der Waals surface area contributed by atoms with E-state index in [1.807, 2.05) is 18.2 Å². The van der Waals surface area contributed by atoms with Crippen molar-refractivity contribution in [3.8, 4) is 5.75 Å². The molecule has 2 aromatic carbocycles. The van der Waals surface area contributed by atoms with Crippen molar-refractivity contribution in [1.29, 1.82) is 0 Å². The molecule has 0 aliphatic carbocycles. The van der Waals surface area contributed by atoms with Gasteiger partial charge in [0.05, 0.1) is 0 Å². The molecule has 5 heteroatoms. The third kappa shape index (κ3) is 1.99. The van der Waals surface area contributed by atoms with Crippen molar-refractivity contribution in [1.82, 2.24) is 5.32 Å². The number of aromatic hydroxyl groups is 1. The molecule has 0 saturated carbocycles. The molecule has 1 fully saturated rings. The predicted octanol–water partition coefficient (Wildman–Crippen LogP) is 2.69. The lowest BCUT2D eigenvalue weighted by Gasteiger charge is -2.29. The molecule has 2 aromatic rings. The molecular formula is C14H12BrNO3. The van der Waals surface area contributed by atoms with Gasteiger partial charge in [-0.2, -0.15) is 0 Å². The van der Waals surface area contributed by atoms with Crippen LogP contribution in [0.5, 0.6) is 5.75 Å². The molecular weight excluding hydrogens is 310 g/mol. The number of benzene rings is 2. The zero-order chi connectivity index (χ0) is 13.6. The van der Waals surface area contributed by atoms with Crippen molar-refractivity contribution in [2.24, 2.45) is 0 Å². The summed E-state index contributed by atoms with van der Waals surface area (Å²) >= 11 is 3.38. The van der Waals surface area contributed by atoms with Crippen LogP contribution >= 0.6 is 15.9 Å². The second-order valence-corrected chi connectivity index (χ2v) is 5.63. The lowest BCUT2D eigenvalue weighted by molar-refractivity contribution is 0.0693. The van der Waals surface area contributed by atoms with Crippen LogP contribution in [-0.2, 0) is 0 Å². The summed E-state index contributed by atoms with van der Waals surface area (Å²) in [7, 11) is 0. The Hall–Kier alpha value is -1.59. The lowest BCUT2D eigenvalue weighted by atomic mass is 9.87. The Balaban J connectivity index is 2.34. The minimum atomic E-state index is -1.10. The summed E-state index contributed by atoms with van der Waals surface area (Å²) in [5, 5.41) is 24.3. The Morgan fingerprint density at radius 3 is 2.63 bits per heavy atom. The smallest absolute Gasteiger partial charge is 0.339 e. The quantitative estimate of drug-likeness (QED) is 0.795. The maximum atomic E-state index is 11.2. The molecule has 1 aliphatic heterocycles. The average molecular weight is 322 g/mol. The molecule has 1 aliphatic rings. The SMILES string of the molecule is O=C(O)c1cc2cc(Br)ccc2c(C2CNC2)c1O. The summed E-state index contributed by atoms with van der Waals surface area (Å²) in [5.41, 5.74) is 0.702. The van der Waals surface area contributed by atoms with E-state index in [0.717, 1.165) is 33.9 Å². The van der Waals surface area contributed by atoms with Gasteiger partial charge in [0.2, 0.25) is 0 Å². The van der Waals surface area contributed by atoms with Gasteiger partial charge in [-0.25, -0.2) is 4.79 Å². The monoisotopic (exact) mass is 321 g/mol. The van der Waals surface area contributed by atoms with Crippen LogP contribution < -0.4 is 5.32 Å². The van der Waals surface area contributed by atoms with Crippen LogP contribution in [-0.4, -0.2) is 29.3 Å². The number of carboxylic acids is 1. The van der Waals surface area contributed by atoms with Gasteiger partial charge in [-0.15, -0.1) is 0 Å². The highest BCUT2D eigenvalue weighted by Crippen LogP contribution is 2.38. The maximum Gasteiger partial charge on any atom is 0.339 e. The van der Waals surface area contributed by atoms with Crippen LogP contribution in [0.2, 0.25) is 0 Å². The predicted molar refractivity (Wildman–Crippen MR) is 75.9 cm³/mol. The molecule has 19 heavy (non-hydrogen) atoms. The van der Waals surface area contributed by atoms with E-state index in [-0.39, 0.29) is 17.2 Å². The van der Waals surface area contributed by atoms with Crippen LogP contribution in [0.3, 0.4) is 0 Å². The fraction of sp³-hybridized carbons (Fsp3) is 0.214. The highest BCUT2D eigenvalue weighted by Gasteiger charge is 2.27. The topological polar surface area (TPSA) is 69.6 Å². The summed E-state index contributed by atoms with van der Waals surface area (Å²) in [4.78, 5) is 11.2. The number of carbonyl (C=O) groups is 1. The molecule has 0 radical (unpaired) electrons. The van der Waals surface area contributed by atoms with Crippen LogP contribution in [0.25, 0.3) is 10.8 Å². The zero-order valence-corrected chi connectivity index (χ0v) is 11.6. The summed E-state index contributed by atoms with van der Waals surface area (Å²) in [5.74, 6) is -1.04. The maximum absolute atomic E-state index is 11.2. The summed E-state index contributed by atoms with van der Waals surface area (Å²) < 4.78 is 0.889. The minimum Gasteiger partial charge on any atom is -0.507 e. The second kappa shape index (κ2) is 4.51. The average Bonchev–Trinajstić information content (AvgIpc) is 2.29. The van der Waals surface area contributed by atoms with Crippen molar-refractivity contribution in [2.45, 2.75) is 5.92 Å². The number of halogens is 1. The molecule has 1 heterocycles. The number of phenols is 1. The number of nitrogens with one attached hydrogen (secondary N) is 1. The standard InChI is InChI=1S/C14H12BrNO3/c15-9-1-2-10-7(3-9)4-11(14(18)19)13(17)12(10)8-5-16-6-8/h1-4,8,16-17H,5-6H2,(H,18,19). The Morgan fingerprint density at radius 2 is 2.05 bits per heavy atom. The first-order valence-corrected chi connectivity index (χ1v) is 6.76. The molecule has 4 nitrogen and oxygen atoms in total.